The average Bonchev–Trinajstić information content (AvgIpc) is 2.44. The molecule has 1 fully saturated rings. The Kier molecular flexibility index (Phi) is 5.36. The predicted molar refractivity (Wildman–Crippen MR) is 83.7 cm³/mol. The highest BCUT2D eigenvalue weighted by molar-refractivity contribution is 5.18. The van der Waals surface area contributed by atoms with Crippen LogP contribution >= 0.6 is 0 Å². The van der Waals surface area contributed by atoms with Crippen LogP contribution in [0.5, 0.6) is 0 Å². The van der Waals surface area contributed by atoms with Gasteiger partial charge >= 0.3 is 0 Å². The number of hydrogen-bond acceptors (Lipinski definition) is 3. The molecule has 2 rings (SSSR count). The molecule has 118 valence electrons. The maximum Gasteiger partial charge on any atom is 0.123 e. The molecule has 1 saturated heterocycles. The van der Waals surface area contributed by atoms with Gasteiger partial charge in [-0.2, -0.15) is 0 Å². The van der Waals surface area contributed by atoms with Crippen LogP contribution in [0.1, 0.15) is 38.9 Å². The van der Waals surface area contributed by atoms with E-state index in [-0.39, 0.29) is 11.4 Å². The number of piperazine rings is 1. The van der Waals surface area contributed by atoms with E-state index in [4.69, 9.17) is 0 Å². The number of hydrogen-bond donors (Lipinski definition) is 1. The van der Waals surface area contributed by atoms with E-state index in [0.29, 0.717) is 12.0 Å². The summed E-state index contributed by atoms with van der Waals surface area (Å²) in [5.41, 5.74) is 0.899. The lowest BCUT2D eigenvalue weighted by atomic mass is 10.0. The van der Waals surface area contributed by atoms with Crippen molar-refractivity contribution in [2.75, 3.05) is 32.7 Å². The van der Waals surface area contributed by atoms with Gasteiger partial charge in [-0.25, -0.2) is 4.39 Å². The van der Waals surface area contributed by atoms with Gasteiger partial charge in [-0.1, -0.05) is 12.1 Å². The Morgan fingerprint density at radius 1 is 1.19 bits per heavy atom. The maximum absolute atomic E-state index is 13.2. The highest BCUT2D eigenvalue weighted by atomic mass is 19.1. The standard InChI is InChI=1S/C17H27FN2O/c1-17(2,3)20-11-9-19(10-12-20)8-7-16(21)14-5-4-6-15(18)13-14/h4-6,13,16,21H,7-12H2,1-3H3. The van der Waals surface area contributed by atoms with Crippen molar-refractivity contribution in [2.45, 2.75) is 38.8 Å². The lowest BCUT2D eigenvalue weighted by molar-refractivity contribution is 0.0532. The molecule has 1 aromatic carbocycles. The van der Waals surface area contributed by atoms with Crippen LogP contribution in [-0.2, 0) is 0 Å². The first-order valence-electron chi connectivity index (χ1n) is 7.77. The van der Waals surface area contributed by atoms with Crippen molar-refractivity contribution in [3.63, 3.8) is 0 Å². The highest BCUT2D eigenvalue weighted by Gasteiger charge is 2.25. The molecule has 4 heteroatoms. The second kappa shape index (κ2) is 6.86. The molecule has 1 N–H and O–H groups in total. The number of rotatable bonds is 4. The van der Waals surface area contributed by atoms with Crippen LogP contribution in [0.25, 0.3) is 0 Å². The summed E-state index contributed by atoms with van der Waals surface area (Å²) in [6.45, 7) is 11.8. The second-order valence-corrected chi connectivity index (χ2v) is 6.86. The van der Waals surface area contributed by atoms with Crippen molar-refractivity contribution >= 4 is 0 Å². The summed E-state index contributed by atoms with van der Waals surface area (Å²) in [7, 11) is 0. The summed E-state index contributed by atoms with van der Waals surface area (Å²) in [5.74, 6) is -0.287. The van der Waals surface area contributed by atoms with Gasteiger partial charge in [-0.3, -0.25) is 4.90 Å². The van der Waals surface area contributed by atoms with Gasteiger partial charge in [0.2, 0.25) is 0 Å². The van der Waals surface area contributed by atoms with Crippen LogP contribution in [0.15, 0.2) is 24.3 Å². The molecule has 1 heterocycles. The molecule has 0 aromatic heterocycles. The minimum atomic E-state index is -0.582. The lowest BCUT2D eigenvalue weighted by Crippen LogP contribution is -2.53. The summed E-state index contributed by atoms with van der Waals surface area (Å²) in [4.78, 5) is 4.87. The zero-order chi connectivity index (χ0) is 15.5. The number of nitrogens with zero attached hydrogens (tertiary/aromatic N) is 2. The molecule has 1 unspecified atom stereocenters. The molecule has 1 atom stereocenters. The molecule has 1 aliphatic rings. The van der Waals surface area contributed by atoms with Crippen LogP contribution in [0, 0.1) is 5.82 Å². The first-order chi connectivity index (χ1) is 9.86. The van der Waals surface area contributed by atoms with Gasteiger partial charge in [-0.05, 0) is 44.9 Å². The molecule has 0 amide bonds. The summed E-state index contributed by atoms with van der Waals surface area (Å²) in [6, 6.07) is 6.26. The minimum Gasteiger partial charge on any atom is -0.388 e. The molecule has 21 heavy (non-hydrogen) atoms. The fourth-order valence-electron chi connectivity index (χ4n) is 2.83. The van der Waals surface area contributed by atoms with Crippen LogP contribution in [0.4, 0.5) is 4.39 Å². The van der Waals surface area contributed by atoms with Crippen molar-refractivity contribution in [1.82, 2.24) is 9.80 Å². The quantitative estimate of drug-likeness (QED) is 0.925. The molecular formula is C17H27FN2O. The Hall–Kier alpha value is -0.970. The largest absolute Gasteiger partial charge is 0.388 e. The Balaban J connectivity index is 1.77. The number of halogens is 1. The Morgan fingerprint density at radius 2 is 1.86 bits per heavy atom. The Labute approximate surface area is 127 Å². The molecule has 3 nitrogen and oxygen atoms in total. The lowest BCUT2D eigenvalue weighted by Gasteiger charge is -2.42. The van der Waals surface area contributed by atoms with Crippen molar-refractivity contribution in [2.24, 2.45) is 0 Å². The summed E-state index contributed by atoms with van der Waals surface area (Å²) >= 11 is 0. The van der Waals surface area contributed by atoms with E-state index in [9.17, 15) is 9.50 Å². The van der Waals surface area contributed by atoms with Gasteiger partial charge < -0.3 is 10.0 Å². The highest BCUT2D eigenvalue weighted by Crippen LogP contribution is 2.20. The topological polar surface area (TPSA) is 26.7 Å². The van der Waals surface area contributed by atoms with Crippen LogP contribution in [0.3, 0.4) is 0 Å². The molecule has 0 saturated carbocycles. The van der Waals surface area contributed by atoms with Crippen LogP contribution in [0.2, 0.25) is 0 Å². The van der Waals surface area contributed by atoms with Gasteiger partial charge in [0.05, 0.1) is 6.10 Å². The number of aliphatic hydroxyl groups is 1. The Bertz CT molecular complexity index is 450. The van der Waals surface area contributed by atoms with E-state index >= 15 is 0 Å². The second-order valence-electron chi connectivity index (χ2n) is 6.86. The molecule has 0 spiro atoms. The van der Waals surface area contributed by atoms with Crippen molar-refractivity contribution in [3.05, 3.63) is 35.6 Å². The monoisotopic (exact) mass is 294 g/mol. The first kappa shape index (κ1) is 16.4. The van der Waals surface area contributed by atoms with Crippen molar-refractivity contribution in [1.29, 1.82) is 0 Å². The van der Waals surface area contributed by atoms with Crippen LogP contribution < -0.4 is 0 Å². The van der Waals surface area contributed by atoms with E-state index in [1.165, 1.54) is 12.1 Å². The predicted octanol–water partition coefficient (Wildman–Crippen LogP) is 2.67. The minimum absolute atomic E-state index is 0.229. The number of benzene rings is 1. The van der Waals surface area contributed by atoms with Gasteiger partial charge in [0.25, 0.3) is 0 Å². The van der Waals surface area contributed by atoms with E-state index in [1.54, 1.807) is 12.1 Å². The third-order valence-corrected chi connectivity index (χ3v) is 4.27. The summed E-state index contributed by atoms with van der Waals surface area (Å²) in [6.07, 6.45) is 0.0697. The maximum atomic E-state index is 13.2. The fraction of sp³-hybridized carbons (Fsp3) is 0.647. The van der Waals surface area contributed by atoms with E-state index in [1.807, 2.05) is 0 Å². The normalized spacial score (nSPS) is 19.7. The van der Waals surface area contributed by atoms with Crippen LogP contribution in [-0.4, -0.2) is 53.2 Å². The first-order valence-corrected chi connectivity index (χ1v) is 7.77. The SMILES string of the molecule is CC(C)(C)N1CCN(CCC(O)c2cccc(F)c2)CC1. The van der Waals surface area contributed by atoms with Gasteiger partial charge in [0.15, 0.2) is 0 Å². The van der Waals surface area contributed by atoms with Crippen molar-refractivity contribution < 1.29 is 9.50 Å². The zero-order valence-electron chi connectivity index (χ0n) is 13.3. The third kappa shape index (κ3) is 4.77. The summed E-state index contributed by atoms with van der Waals surface area (Å²) < 4.78 is 13.2. The molecule has 0 aliphatic carbocycles. The summed E-state index contributed by atoms with van der Waals surface area (Å²) in [5, 5.41) is 10.2. The molecule has 1 aliphatic heterocycles. The van der Waals surface area contributed by atoms with Crippen molar-refractivity contribution in [3.8, 4) is 0 Å². The molecule has 1 aromatic rings. The number of aliphatic hydroxyl groups excluding tert-OH is 1. The fourth-order valence-corrected chi connectivity index (χ4v) is 2.83. The van der Waals surface area contributed by atoms with Gasteiger partial charge in [-0.15, -0.1) is 0 Å². The van der Waals surface area contributed by atoms with Gasteiger partial charge in [0.1, 0.15) is 5.82 Å². The third-order valence-electron chi connectivity index (χ3n) is 4.27. The van der Waals surface area contributed by atoms with Gasteiger partial charge in [0, 0.05) is 38.3 Å². The Morgan fingerprint density at radius 3 is 2.43 bits per heavy atom. The average molecular weight is 294 g/mol. The molecular weight excluding hydrogens is 267 g/mol. The molecule has 0 bridgehead atoms. The van der Waals surface area contributed by atoms with E-state index < -0.39 is 6.10 Å². The smallest absolute Gasteiger partial charge is 0.123 e. The zero-order valence-corrected chi connectivity index (χ0v) is 13.3. The van der Waals surface area contributed by atoms with E-state index in [0.717, 1.165) is 32.7 Å². The molecule has 0 radical (unpaired) electrons. The van der Waals surface area contributed by atoms with E-state index in [2.05, 4.69) is 30.6 Å².